The van der Waals surface area contributed by atoms with Gasteiger partial charge in [0, 0.05) is 25.3 Å². The van der Waals surface area contributed by atoms with E-state index in [2.05, 4.69) is 10.2 Å². The van der Waals surface area contributed by atoms with Crippen LogP contribution < -0.4 is 0 Å². The molecule has 0 saturated carbocycles. The Morgan fingerprint density at radius 2 is 1.89 bits per heavy atom. The van der Waals surface area contributed by atoms with Crippen LogP contribution in [0.2, 0.25) is 5.28 Å². The van der Waals surface area contributed by atoms with E-state index in [1.165, 1.54) is 0 Å². The van der Waals surface area contributed by atoms with Crippen LogP contribution in [0.25, 0.3) is 11.4 Å². The second kappa shape index (κ2) is 5.72. The predicted molar refractivity (Wildman–Crippen MR) is 74.0 cm³/mol. The number of rotatable bonds is 3. The first-order valence-electron chi connectivity index (χ1n) is 6.56. The molecule has 2 heterocycles. The maximum atomic E-state index is 6.17. The van der Waals surface area contributed by atoms with Crippen molar-refractivity contribution in [1.82, 2.24) is 14.8 Å². The minimum atomic E-state index is 0.463. The molecule has 0 atom stereocenters. The highest BCUT2D eigenvalue weighted by atomic mass is 35.5. The highest BCUT2D eigenvalue weighted by molar-refractivity contribution is 6.28. The number of halogens is 1. The van der Waals surface area contributed by atoms with Crippen molar-refractivity contribution in [3.63, 3.8) is 0 Å². The van der Waals surface area contributed by atoms with Gasteiger partial charge in [-0.15, -0.1) is 10.2 Å². The van der Waals surface area contributed by atoms with E-state index < -0.39 is 0 Å². The van der Waals surface area contributed by atoms with Crippen molar-refractivity contribution in [1.29, 1.82) is 0 Å². The molecule has 0 bridgehead atoms. The van der Waals surface area contributed by atoms with Crippen molar-refractivity contribution in [2.24, 2.45) is 5.92 Å². The van der Waals surface area contributed by atoms with Crippen LogP contribution in [0.5, 0.6) is 0 Å². The summed E-state index contributed by atoms with van der Waals surface area (Å²) in [6.07, 6.45) is 2.14. The molecule has 1 fully saturated rings. The van der Waals surface area contributed by atoms with Crippen LogP contribution in [0, 0.1) is 5.92 Å². The molecule has 100 valence electrons. The minimum absolute atomic E-state index is 0.463. The Balaban J connectivity index is 1.86. The summed E-state index contributed by atoms with van der Waals surface area (Å²) in [5.74, 6) is 1.43. The zero-order valence-electron chi connectivity index (χ0n) is 10.6. The fourth-order valence-electron chi connectivity index (χ4n) is 2.43. The molecule has 19 heavy (non-hydrogen) atoms. The SMILES string of the molecule is Clc1nnc(-c2ccccc2)n1CC1CCOCC1. The number of hydrogen-bond donors (Lipinski definition) is 0. The van der Waals surface area contributed by atoms with Gasteiger partial charge in [-0.2, -0.15) is 0 Å². The summed E-state index contributed by atoms with van der Waals surface area (Å²) in [5.41, 5.74) is 1.05. The van der Waals surface area contributed by atoms with E-state index in [1.54, 1.807) is 0 Å². The second-order valence-corrected chi connectivity index (χ2v) is 5.16. The van der Waals surface area contributed by atoms with Crippen molar-refractivity contribution < 1.29 is 4.74 Å². The molecule has 1 aliphatic rings. The van der Waals surface area contributed by atoms with Crippen molar-refractivity contribution in [3.8, 4) is 11.4 Å². The molecule has 5 heteroatoms. The van der Waals surface area contributed by atoms with Crippen molar-refractivity contribution in [2.75, 3.05) is 13.2 Å². The molecule has 0 radical (unpaired) electrons. The van der Waals surface area contributed by atoms with Crippen molar-refractivity contribution in [3.05, 3.63) is 35.6 Å². The van der Waals surface area contributed by atoms with E-state index in [0.29, 0.717) is 11.2 Å². The summed E-state index contributed by atoms with van der Waals surface area (Å²) < 4.78 is 7.40. The van der Waals surface area contributed by atoms with E-state index in [0.717, 1.165) is 44.0 Å². The Kier molecular flexibility index (Phi) is 3.80. The first kappa shape index (κ1) is 12.6. The van der Waals surface area contributed by atoms with Gasteiger partial charge in [0.15, 0.2) is 5.82 Å². The highest BCUT2D eigenvalue weighted by Gasteiger charge is 2.19. The van der Waals surface area contributed by atoms with Gasteiger partial charge in [0.05, 0.1) is 0 Å². The molecule has 0 spiro atoms. The van der Waals surface area contributed by atoms with Gasteiger partial charge in [0.1, 0.15) is 0 Å². The van der Waals surface area contributed by atoms with Gasteiger partial charge in [0.2, 0.25) is 5.28 Å². The van der Waals surface area contributed by atoms with Gasteiger partial charge in [-0.3, -0.25) is 4.57 Å². The number of hydrogen-bond acceptors (Lipinski definition) is 3. The molecule has 3 rings (SSSR count). The summed E-state index contributed by atoms with van der Waals surface area (Å²) in [6, 6.07) is 10.0. The lowest BCUT2D eigenvalue weighted by Gasteiger charge is -2.23. The van der Waals surface area contributed by atoms with Gasteiger partial charge in [-0.05, 0) is 30.4 Å². The molecule has 1 aromatic carbocycles. The minimum Gasteiger partial charge on any atom is -0.381 e. The molecular weight excluding hydrogens is 262 g/mol. The van der Waals surface area contributed by atoms with Crippen LogP contribution in [-0.2, 0) is 11.3 Å². The standard InChI is InChI=1S/C14H16ClN3O/c15-14-17-16-13(12-4-2-1-3-5-12)18(14)10-11-6-8-19-9-7-11/h1-5,11H,6-10H2. The molecule has 0 unspecified atom stereocenters. The third-order valence-electron chi connectivity index (χ3n) is 3.52. The number of aromatic nitrogens is 3. The van der Waals surface area contributed by atoms with E-state index in [1.807, 2.05) is 34.9 Å². The van der Waals surface area contributed by atoms with E-state index >= 15 is 0 Å². The van der Waals surface area contributed by atoms with E-state index in [9.17, 15) is 0 Å². The summed E-state index contributed by atoms with van der Waals surface area (Å²) in [7, 11) is 0. The third kappa shape index (κ3) is 2.80. The summed E-state index contributed by atoms with van der Waals surface area (Å²) in [5, 5.41) is 8.67. The first-order valence-corrected chi connectivity index (χ1v) is 6.94. The Morgan fingerprint density at radius 1 is 1.16 bits per heavy atom. The zero-order chi connectivity index (χ0) is 13.1. The average molecular weight is 278 g/mol. The van der Waals surface area contributed by atoms with Crippen LogP contribution in [0.4, 0.5) is 0 Å². The van der Waals surface area contributed by atoms with Crippen LogP contribution in [0.15, 0.2) is 30.3 Å². The highest BCUT2D eigenvalue weighted by Crippen LogP contribution is 2.24. The van der Waals surface area contributed by atoms with Gasteiger partial charge in [0.25, 0.3) is 0 Å². The van der Waals surface area contributed by atoms with Crippen molar-refractivity contribution >= 4 is 11.6 Å². The molecule has 1 aromatic heterocycles. The molecule has 0 amide bonds. The summed E-state index contributed by atoms with van der Waals surface area (Å²) >= 11 is 6.17. The van der Waals surface area contributed by atoms with Crippen LogP contribution in [0.3, 0.4) is 0 Å². The Hall–Kier alpha value is -1.39. The van der Waals surface area contributed by atoms with Gasteiger partial charge in [-0.1, -0.05) is 30.3 Å². The van der Waals surface area contributed by atoms with Gasteiger partial charge >= 0.3 is 0 Å². The average Bonchev–Trinajstić information content (AvgIpc) is 2.82. The van der Waals surface area contributed by atoms with Gasteiger partial charge < -0.3 is 4.74 Å². The van der Waals surface area contributed by atoms with E-state index in [4.69, 9.17) is 16.3 Å². The first-order chi connectivity index (χ1) is 9.34. The van der Waals surface area contributed by atoms with Crippen LogP contribution in [0.1, 0.15) is 12.8 Å². The Bertz CT molecular complexity index is 535. The van der Waals surface area contributed by atoms with E-state index in [-0.39, 0.29) is 0 Å². The quantitative estimate of drug-likeness (QED) is 0.866. The maximum absolute atomic E-state index is 6.17. The normalized spacial score (nSPS) is 16.7. The summed E-state index contributed by atoms with van der Waals surface area (Å²) in [4.78, 5) is 0. The van der Waals surface area contributed by atoms with Gasteiger partial charge in [-0.25, -0.2) is 0 Å². The third-order valence-corrected chi connectivity index (χ3v) is 3.80. The fraction of sp³-hybridized carbons (Fsp3) is 0.429. The molecule has 0 N–H and O–H groups in total. The molecule has 1 saturated heterocycles. The molecule has 1 aliphatic heterocycles. The van der Waals surface area contributed by atoms with Crippen LogP contribution in [-0.4, -0.2) is 28.0 Å². The number of benzene rings is 1. The lowest BCUT2D eigenvalue weighted by molar-refractivity contribution is 0.0614. The number of nitrogens with zero attached hydrogens (tertiary/aromatic N) is 3. The molecule has 2 aromatic rings. The predicted octanol–water partition coefficient (Wildman–Crippen LogP) is 3.03. The Labute approximate surface area is 117 Å². The topological polar surface area (TPSA) is 39.9 Å². The second-order valence-electron chi connectivity index (χ2n) is 4.83. The molecular formula is C14H16ClN3O. The smallest absolute Gasteiger partial charge is 0.225 e. The molecule has 0 aliphatic carbocycles. The fourth-order valence-corrected chi connectivity index (χ4v) is 2.62. The maximum Gasteiger partial charge on any atom is 0.225 e. The largest absolute Gasteiger partial charge is 0.381 e. The lowest BCUT2D eigenvalue weighted by Crippen LogP contribution is -2.20. The summed E-state index contributed by atoms with van der Waals surface area (Å²) in [6.45, 7) is 2.54. The lowest BCUT2D eigenvalue weighted by atomic mass is 10.0. The zero-order valence-corrected chi connectivity index (χ0v) is 11.4. The number of ether oxygens (including phenoxy) is 1. The monoisotopic (exact) mass is 277 g/mol. The Morgan fingerprint density at radius 3 is 2.63 bits per heavy atom. The van der Waals surface area contributed by atoms with Crippen molar-refractivity contribution in [2.45, 2.75) is 19.4 Å². The van der Waals surface area contributed by atoms with Crippen LogP contribution >= 0.6 is 11.6 Å². The molecule has 4 nitrogen and oxygen atoms in total.